The van der Waals surface area contributed by atoms with Gasteiger partial charge in [-0.1, -0.05) is 90.0 Å². The molecule has 2 N–H and O–H groups in total. The Morgan fingerprint density at radius 2 is 1.51 bits per heavy atom. The van der Waals surface area contributed by atoms with Crippen molar-refractivity contribution in [2.45, 2.75) is 37.6 Å². The number of ether oxygens (including phenoxy) is 2. The summed E-state index contributed by atoms with van der Waals surface area (Å²) in [6.07, 6.45) is -0.485. The van der Waals surface area contributed by atoms with Gasteiger partial charge in [-0.15, -0.1) is 0 Å². The maximum absolute atomic E-state index is 14.7. The minimum absolute atomic E-state index is 0.00661. The van der Waals surface area contributed by atoms with Gasteiger partial charge in [0.2, 0.25) is 5.90 Å². The van der Waals surface area contributed by atoms with Crippen LogP contribution < -0.4 is 10.1 Å². The number of aliphatic hydroxyl groups is 1. The second-order valence-electron chi connectivity index (χ2n) is 12.0. The molecule has 0 saturated carbocycles. The summed E-state index contributed by atoms with van der Waals surface area (Å²) >= 11 is 0. The van der Waals surface area contributed by atoms with Crippen molar-refractivity contribution >= 4 is 11.8 Å². The summed E-state index contributed by atoms with van der Waals surface area (Å²) in [4.78, 5) is 22.6. The standard InChI is InChI=1S/C40H35F2N5O4/c41-35-12-6-13-36(42)34(35)26-44-39(49)40(24-31-10-4-5-11-32(31)25-45-47-43)37(29-16-14-28(15-17-29)27-8-2-1-3-9-27)51-38(46-40)30-18-20-33(21-19-30)50-23-7-22-48/h1-6,8-21,37,48H,7,22-26H2,(H,44,49)/t37-,40-/m1/s1. The zero-order valence-corrected chi connectivity index (χ0v) is 27.6. The molecule has 0 unspecified atom stereocenters. The average molecular weight is 688 g/mol. The molecule has 1 aliphatic heterocycles. The Labute approximate surface area is 293 Å². The van der Waals surface area contributed by atoms with Crippen molar-refractivity contribution in [1.29, 1.82) is 0 Å². The molecule has 0 bridgehead atoms. The number of hydrogen-bond acceptors (Lipinski definition) is 6. The molecule has 0 fully saturated rings. The van der Waals surface area contributed by atoms with Gasteiger partial charge in [0, 0.05) is 42.0 Å². The van der Waals surface area contributed by atoms with Gasteiger partial charge in [0.25, 0.3) is 5.91 Å². The Morgan fingerprint density at radius 3 is 2.20 bits per heavy atom. The Hall–Kier alpha value is -6.03. The maximum atomic E-state index is 14.7. The van der Waals surface area contributed by atoms with Crippen LogP contribution in [0.5, 0.6) is 5.75 Å². The third-order valence-electron chi connectivity index (χ3n) is 8.72. The van der Waals surface area contributed by atoms with Crippen molar-refractivity contribution in [3.05, 3.63) is 171 Å². The van der Waals surface area contributed by atoms with Gasteiger partial charge in [0.15, 0.2) is 11.6 Å². The molecule has 5 aromatic rings. The molecule has 6 rings (SSSR count). The number of aliphatic imine (C=N–C) groups is 1. The quantitative estimate of drug-likeness (QED) is 0.0530. The highest BCUT2D eigenvalue weighted by Crippen LogP contribution is 2.43. The lowest BCUT2D eigenvalue weighted by molar-refractivity contribution is -0.129. The molecule has 9 nitrogen and oxygen atoms in total. The van der Waals surface area contributed by atoms with Crippen molar-refractivity contribution in [2.24, 2.45) is 10.1 Å². The van der Waals surface area contributed by atoms with Crippen molar-refractivity contribution in [3.63, 3.8) is 0 Å². The van der Waals surface area contributed by atoms with E-state index >= 15 is 0 Å². The Bertz CT molecular complexity index is 2030. The van der Waals surface area contributed by atoms with Crippen molar-refractivity contribution in [3.8, 4) is 16.9 Å². The summed E-state index contributed by atoms with van der Waals surface area (Å²) in [5.41, 5.74) is 11.7. The number of hydrogen-bond donors (Lipinski definition) is 2. The number of halogens is 2. The van der Waals surface area contributed by atoms with Crippen LogP contribution in [0.25, 0.3) is 21.6 Å². The van der Waals surface area contributed by atoms with Crippen LogP contribution in [-0.2, 0) is 29.0 Å². The minimum Gasteiger partial charge on any atom is -0.494 e. The Morgan fingerprint density at radius 1 is 0.863 bits per heavy atom. The maximum Gasteiger partial charge on any atom is 0.252 e. The predicted octanol–water partition coefficient (Wildman–Crippen LogP) is 8.02. The van der Waals surface area contributed by atoms with Crippen LogP contribution in [0.4, 0.5) is 8.78 Å². The number of nitrogens with zero attached hydrogens (tertiary/aromatic N) is 4. The lowest BCUT2D eigenvalue weighted by Gasteiger charge is -2.31. The van der Waals surface area contributed by atoms with Gasteiger partial charge in [0.1, 0.15) is 17.4 Å². The summed E-state index contributed by atoms with van der Waals surface area (Å²) in [5.74, 6) is -1.41. The molecule has 0 aliphatic carbocycles. The second kappa shape index (κ2) is 16.1. The van der Waals surface area contributed by atoms with Gasteiger partial charge < -0.3 is 19.9 Å². The lowest BCUT2D eigenvalue weighted by Crippen LogP contribution is -2.50. The average Bonchev–Trinajstić information content (AvgIpc) is 3.55. The normalized spacial score (nSPS) is 16.5. The van der Waals surface area contributed by atoms with Gasteiger partial charge in [-0.2, -0.15) is 0 Å². The summed E-state index contributed by atoms with van der Waals surface area (Å²) in [7, 11) is 0. The molecule has 0 aromatic heterocycles. The molecule has 1 heterocycles. The molecule has 1 aliphatic rings. The molecule has 0 spiro atoms. The zero-order chi connectivity index (χ0) is 35.6. The van der Waals surface area contributed by atoms with Crippen LogP contribution in [0.1, 0.15) is 40.3 Å². The van der Waals surface area contributed by atoms with Gasteiger partial charge in [0.05, 0.1) is 13.2 Å². The fraction of sp³-hybridized carbons (Fsp3) is 0.200. The van der Waals surface area contributed by atoms with Crippen molar-refractivity contribution in [2.75, 3.05) is 13.2 Å². The van der Waals surface area contributed by atoms with E-state index in [1.54, 1.807) is 24.3 Å². The first-order valence-electron chi connectivity index (χ1n) is 16.5. The van der Waals surface area contributed by atoms with E-state index in [4.69, 9.17) is 25.1 Å². The third-order valence-corrected chi connectivity index (χ3v) is 8.72. The van der Waals surface area contributed by atoms with E-state index in [1.807, 2.05) is 78.9 Å². The summed E-state index contributed by atoms with van der Waals surface area (Å²) in [6.45, 7) is -0.0358. The smallest absolute Gasteiger partial charge is 0.252 e. The number of aliphatic hydroxyl groups excluding tert-OH is 1. The van der Waals surface area contributed by atoms with Crippen molar-refractivity contribution in [1.82, 2.24) is 5.32 Å². The second-order valence-corrected chi connectivity index (χ2v) is 12.0. The molecule has 2 atom stereocenters. The highest BCUT2D eigenvalue weighted by atomic mass is 19.1. The molecule has 1 amide bonds. The summed E-state index contributed by atoms with van der Waals surface area (Å²) in [5, 5.41) is 15.6. The fourth-order valence-corrected chi connectivity index (χ4v) is 6.07. The van der Waals surface area contributed by atoms with E-state index in [0.29, 0.717) is 41.0 Å². The number of nitrogens with one attached hydrogen (secondary N) is 1. The molecule has 11 heteroatoms. The highest BCUT2D eigenvalue weighted by molar-refractivity contribution is 6.01. The summed E-state index contributed by atoms with van der Waals surface area (Å²) in [6, 6.07) is 35.3. The Kier molecular flexibility index (Phi) is 11.0. The van der Waals surface area contributed by atoms with E-state index in [0.717, 1.165) is 23.3 Å². The van der Waals surface area contributed by atoms with Crippen LogP contribution in [0.2, 0.25) is 0 Å². The van der Waals surface area contributed by atoms with Crippen LogP contribution >= 0.6 is 0 Å². The molecule has 51 heavy (non-hydrogen) atoms. The topological polar surface area (TPSA) is 129 Å². The number of benzene rings is 5. The number of carbonyl (C=O) groups excluding carboxylic acids is 1. The van der Waals surface area contributed by atoms with Gasteiger partial charge in [-0.3, -0.25) is 4.79 Å². The molecule has 5 aromatic carbocycles. The largest absolute Gasteiger partial charge is 0.494 e. The number of rotatable bonds is 14. The van der Waals surface area contributed by atoms with Crippen LogP contribution in [-0.4, -0.2) is 35.7 Å². The third kappa shape index (κ3) is 7.91. The lowest BCUT2D eigenvalue weighted by atomic mass is 9.80. The zero-order valence-electron chi connectivity index (χ0n) is 27.6. The molecule has 0 saturated heterocycles. The molecule has 258 valence electrons. The van der Waals surface area contributed by atoms with Crippen molar-refractivity contribution < 1.29 is 28.2 Å². The monoisotopic (exact) mass is 687 g/mol. The van der Waals surface area contributed by atoms with E-state index < -0.39 is 35.7 Å². The highest BCUT2D eigenvalue weighted by Gasteiger charge is 2.53. The van der Waals surface area contributed by atoms with Crippen LogP contribution in [0.15, 0.2) is 131 Å². The van der Waals surface area contributed by atoms with Gasteiger partial charge in [-0.05, 0) is 69.7 Å². The SMILES string of the molecule is [N-]=[N+]=NCc1ccccc1C[C@@]1(C(=O)NCc2c(F)cccc2F)N=C(c2ccc(OCCCO)cc2)O[C@@H]1c1ccc(-c2ccccc2)cc1. The van der Waals surface area contributed by atoms with Gasteiger partial charge in [-0.25, -0.2) is 13.8 Å². The number of amides is 1. The van der Waals surface area contributed by atoms with Crippen LogP contribution in [0.3, 0.4) is 0 Å². The summed E-state index contributed by atoms with van der Waals surface area (Å²) < 4.78 is 41.8. The fourth-order valence-electron chi connectivity index (χ4n) is 6.07. The van der Waals surface area contributed by atoms with E-state index in [1.165, 1.54) is 6.07 Å². The van der Waals surface area contributed by atoms with Gasteiger partial charge >= 0.3 is 0 Å². The predicted molar refractivity (Wildman–Crippen MR) is 190 cm³/mol. The first kappa shape index (κ1) is 34.8. The van der Waals surface area contributed by atoms with Crippen LogP contribution in [0, 0.1) is 11.6 Å². The first-order chi connectivity index (χ1) is 24.9. The van der Waals surface area contributed by atoms with E-state index in [-0.39, 0.29) is 31.0 Å². The minimum atomic E-state index is -1.67. The number of carbonyl (C=O) groups is 1. The molecular weight excluding hydrogens is 652 g/mol. The van der Waals surface area contributed by atoms with E-state index in [9.17, 15) is 13.6 Å². The number of azide groups is 1. The Balaban J connectivity index is 1.45. The molecular formula is C40H35F2N5O4. The molecule has 0 radical (unpaired) electrons. The van der Waals surface area contributed by atoms with E-state index in [2.05, 4.69) is 15.3 Å². The first-order valence-corrected chi connectivity index (χ1v) is 16.5.